The molecule has 0 aliphatic carbocycles. The van der Waals surface area contributed by atoms with Crippen LogP contribution in [-0.2, 0) is 22.6 Å². The third-order valence-corrected chi connectivity index (χ3v) is 4.89. The van der Waals surface area contributed by atoms with Crippen molar-refractivity contribution in [2.24, 2.45) is 5.92 Å². The zero-order chi connectivity index (χ0) is 21.4. The molecule has 0 aliphatic rings. The van der Waals surface area contributed by atoms with E-state index in [9.17, 15) is 14.0 Å². The molecule has 0 spiro atoms. The lowest BCUT2D eigenvalue weighted by Gasteiger charge is -2.31. The zero-order valence-corrected chi connectivity index (χ0v) is 17.9. The van der Waals surface area contributed by atoms with Crippen molar-refractivity contribution in [3.63, 3.8) is 0 Å². The molecule has 1 atom stereocenters. The summed E-state index contributed by atoms with van der Waals surface area (Å²) in [5.74, 6) is -0.617. The lowest BCUT2D eigenvalue weighted by Crippen LogP contribution is -2.50. The highest BCUT2D eigenvalue weighted by Crippen LogP contribution is 2.17. The molecule has 6 heteroatoms. The molecule has 0 saturated heterocycles. The molecule has 2 aromatic rings. The van der Waals surface area contributed by atoms with Crippen molar-refractivity contribution in [3.8, 4) is 0 Å². The molecule has 0 unspecified atom stereocenters. The van der Waals surface area contributed by atoms with Gasteiger partial charge in [-0.15, -0.1) is 0 Å². The number of nitrogens with zero attached hydrogens (tertiary/aromatic N) is 1. The number of nitrogens with one attached hydrogen (secondary N) is 1. The number of halogens is 2. The average Bonchev–Trinajstić information content (AvgIpc) is 2.69. The summed E-state index contributed by atoms with van der Waals surface area (Å²) in [5, 5.41) is 3.51. The van der Waals surface area contributed by atoms with E-state index in [0.717, 1.165) is 5.56 Å². The van der Waals surface area contributed by atoms with E-state index in [1.54, 1.807) is 30.3 Å². The Kier molecular flexibility index (Phi) is 8.65. The van der Waals surface area contributed by atoms with Crippen LogP contribution < -0.4 is 5.32 Å². The van der Waals surface area contributed by atoms with E-state index in [4.69, 9.17) is 11.6 Å². The first-order chi connectivity index (χ1) is 13.8. The van der Waals surface area contributed by atoms with E-state index < -0.39 is 11.9 Å². The lowest BCUT2D eigenvalue weighted by molar-refractivity contribution is -0.141. The minimum absolute atomic E-state index is 0.103. The van der Waals surface area contributed by atoms with Gasteiger partial charge in [-0.2, -0.15) is 0 Å². The van der Waals surface area contributed by atoms with Crippen LogP contribution in [0, 0.1) is 11.7 Å². The maximum atomic E-state index is 14.1. The van der Waals surface area contributed by atoms with Crippen LogP contribution in [0.15, 0.2) is 48.5 Å². The van der Waals surface area contributed by atoms with Gasteiger partial charge in [0.05, 0.1) is 6.42 Å². The van der Waals surface area contributed by atoms with Crippen molar-refractivity contribution in [2.45, 2.75) is 46.2 Å². The molecule has 29 heavy (non-hydrogen) atoms. The SMILES string of the molecule is CC[C@@H](C(=O)NCC(C)C)N(Cc1ccc(Cl)cc1)C(=O)Cc1ccccc1F. The highest BCUT2D eigenvalue weighted by Gasteiger charge is 2.29. The summed E-state index contributed by atoms with van der Waals surface area (Å²) in [6.45, 7) is 6.67. The highest BCUT2D eigenvalue weighted by atomic mass is 35.5. The van der Waals surface area contributed by atoms with E-state index in [1.165, 1.54) is 11.0 Å². The summed E-state index contributed by atoms with van der Waals surface area (Å²) in [6, 6.07) is 12.7. The van der Waals surface area contributed by atoms with Crippen molar-refractivity contribution in [1.29, 1.82) is 0 Å². The van der Waals surface area contributed by atoms with Gasteiger partial charge in [0.15, 0.2) is 0 Å². The van der Waals surface area contributed by atoms with Crippen molar-refractivity contribution >= 4 is 23.4 Å². The number of hydrogen-bond acceptors (Lipinski definition) is 2. The maximum absolute atomic E-state index is 14.1. The molecule has 2 rings (SSSR count). The van der Waals surface area contributed by atoms with Crippen molar-refractivity contribution in [1.82, 2.24) is 10.2 Å². The van der Waals surface area contributed by atoms with Crippen LogP contribution in [0.1, 0.15) is 38.3 Å². The van der Waals surface area contributed by atoms with Crippen LogP contribution in [0.3, 0.4) is 0 Å². The molecular formula is C23H28ClFN2O2. The standard InChI is InChI=1S/C23H28ClFN2O2/c1-4-21(23(29)26-14-16(2)3)27(15-17-9-11-19(24)12-10-17)22(28)13-18-7-5-6-8-20(18)25/h5-12,16,21H,4,13-15H2,1-3H3,(H,26,29)/t21-/m0/s1. The third kappa shape index (κ3) is 6.86. The van der Waals surface area contributed by atoms with E-state index in [-0.39, 0.29) is 24.8 Å². The second-order valence-electron chi connectivity index (χ2n) is 7.48. The molecule has 0 saturated carbocycles. The lowest BCUT2D eigenvalue weighted by atomic mass is 10.1. The molecule has 2 amide bonds. The van der Waals surface area contributed by atoms with Gasteiger partial charge < -0.3 is 10.2 Å². The first kappa shape index (κ1) is 22.9. The third-order valence-electron chi connectivity index (χ3n) is 4.64. The monoisotopic (exact) mass is 418 g/mol. The van der Waals surface area contributed by atoms with Gasteiger partial charge in [0.2, 0.25) is 11.8 Å². The second-order valence-corrected chi connectivity index (χ2v) is 7.92. The summed E-state index contributed by atoms with van der Waals surface area (Å²) in [6.07, 6.45) is 0.356. The number of carbonyl (C=O) groups is 2. The summed E-state index contributed by atoms with van der Waals surface area (Å²) < 4.78 is 14.1. The first-order valence-electron chi connectivity index (χ1n) is 9.86. The maximum Gasteiger partial charge on any atom is 0.242 e. The van der Waals surface area contributed by atoms with Crippen molar-refractivity contribution < 1.29 is 14.0 Å². The Hall–Kier alpha value is -2.40. The van der Waals surface area contributed by atoms with Crippen LogP contribution in [0.25, 0.3) is 0 Å². The van der Waals surface area contributed by atoms with Gasteiger partial charge >= 0.3 is 0 Å². The van der Waals surface area contributed by atoms with Gasteiger partial charge in [0.25, 0.3) is 0 Å². The van der Waals surface area contributed by atoms with E-state index in [1.807, 2.05) is 32.9 Å². The normalized spacial score (nSPS) is 11.9. The number of rotatable bonds is 9. The van der Waals surface area contributed by atoms with Crippen molar-refractivity contribution in [3.05, 3.63) is 70.5 Å². The summed E-state index contributed by atoms with van der Waals surface area (Å²) in [5.41, 5.74) is 1.17. The van der Waals surface area contributed by atoms with Crippen LogP contribution in [-0.4, -0.2) is 29.3 Å². The Morgan fingerprint density at radius 3 is 2.34 bits per heavy atom. The molecule has 0 fully saturated rings. The topological polar surface area (TPSA) is 49.4 Å². The average molecular weight is 419 g/mol. The molecule has 4 nitrogen and oxygen atoms in total. The molecule has 2 aromatic carbocycles. The van der Waals surface area contributed by atoms with Crippen LogP contribution in [0.5, 0.6) is 0 Å². The zero-order valence-electron chi connectivity index (χ0n) is 17.1. The molecule has 156 valence electrons. The minimum Gasteiger partial charge on any atom is -0.354 e. The Morgan fingerprint density at radius 2 is 1.76 bits per heavy atom. The molecule has 0 aromatic heterocycles. The highest BCUT2D eigenvalue weighted by molar-refractivity contribution is 6.30. The number of carbonyl (C=O) groups excluding carboxylic acids is 2. The molecule has 0 bridgehead atoms. The Morgan fingerprint density at radius 1 is 1.10 bits per heavy atom. The number of amides is 2. The van der Waals surface area contributed by atoms with E-state index >= 15 is 0 Å². The van der Waals surface area contributed by atoms with E-state index in [0.29, 0.717) is 29.5 Å². The molecule has 0 radical (unpaired) electrons. The fourth-order valence-corrected chi connectivity index (χ4v) is 3.16. The van der Waals surface area contributed by atoms with Crippen LogP contribution in [0.4, 0.5) is 4.39 Å². The predicted octanol–water partition coefficient (Wildman–Crippen LogP) is 4.60. The van der Waals surface area contributed by atoms with Gasteiger partial charge in [0.1, 0.15) is 11.9 Å². The van der Waals surface area contributed by atoms with Crippen molar-refractivity contribution in [2.75, 3.05) is 6.54 Å². The first-order valence-corrected chi connectivity index (χ1v) is 10.2. The van der Waals surface area contributed by atoms with Crippen LogP contribution in [0.2, 0.25) is 5.02 Å². The molecule has 1 N–H and O–H groups in total. The van der Waals surface area contributed by atoms with Gasteiger partial charge in [0, 0.05) is 18.1 Å². The molecular weight excluding hydrogens is 391 g/mol. The van der Waals surface area contributed by atoms with Gasteiger partial charge in [-0.1, -0.05) is 62.7 Å². The smallest absolute Gasteiger partial charge is 0.242 e. The fraction of sp³-hybridized carbons (Fsp3) is 0.391. The van der Waals surface area contributed by atoms with Gasteiger partial charge in [-0.25, -0.2) is 4.39 Å². The second kappa shape index (κ2) is 11.0. The molecule has 0 aliphatic heterocycles. The Balaban J connectivity index is 2.27. The van der Waals surface area contributed by atoms with Gasteiger partial charge in [-0.05, 0) is 41.7 Å². The summed E-state index contributed by atoms with van der Waals surface area (Å²) in [7, 11) is 0. The largest absolute Gasteiger partial charge is 0.354 e. The number of hydrogen-bond donors (Lipinski definition) is 1. The summed E-state index contributed by atoms with van der Waals surface area (Å²) >= 11 is 5.96. The fourth-order valence-electron chi connectivity index (χ4n) is 3.03. The van der Waals surface area contributed by atoms with E-state index in [2.05, 4.69) is 5.32 Å². The molecule has 0 heterocycles. The van der Waals surface area contributed by atoms with Crippen LogP contribution >= 0.6 is 11.6 Å². The Labute approximate surface area is 177 Å². The predicted molar refractivity (Wildman–Crippen MR) is 114 cm³/mol. The number of benzene rings is 2. The Bertz CT molecular complexity index is 824. The van der Waals surface area contributed by atoms with Gasteiger partial charge in [-0.3, -0.25) is 9.59 Å². The minimum atomic E-state index is -0.635. The quantitative estimate of drug-likeness (QED) is 0.646. The summed E-state index contributed by atoms with van der Waals surface area (Å²) in [4.78, 5) is 27.5.